The number of rotatable bonds is 6. The molecule has 1 unspecified atom stereocenters. The molecule has 0 spiro atoms. The van der Waals surface area contributed by atoms with E-state index in [-0.39, 0.29) is 0 Å². The summed E-state index contributed by atoms with van der Waals surface area (Å²) in [6.45, 7) is 6.45. The summed E-state index contributed by atoms with van der Waals surface area (Å²) in [5.74, 6) is -0.845. The molecule has 100 valence electrons. The summed E-state index contributed by atoms with van der Waals surface area (Å²) in [6, 6.07) is 2.20. The third kappa shape index (κ3) is 3.80. The lowest BCUT2D eigenvalue weighted by atomic mass is 10.3. The number of thiophene rings is 1. The number of nitrogens with zero attached hydrogens (tertiary/aromatic N) is 1. The fraction of sp³-hybridized carbons (Fsp3) is 0.615. The minimum absolute atomic E-state index is 0.393. The summed E-state index contributed by atoms with van der Waals surface area (Å²) in [6.07, 6.45) is 2.64. The lowest BCUT2D eigenvalue weighted by Gasteiger charge is -2.20. The Kier molecular flexibility index (Phi) is 4.74. The van der Waals surface area contributed by atoms with Crippen molar-refractivity contribution >= 4 is 17.3 Å². The molecule has 0 bridgehead atoms. The van der Waals surface area contributed by atoms with E-state index >= 15 is 0 Å². The highest BCUT2D eigenvalue weighted by molar-refractivity contribution is 7.10. The average molecular weight is 268 g/mol. The van der Waals surface area contributed by atoms with Gasteiger partial charge in [0.2, 0.25) is 0 Å². The Balaban J connectivity index is 1.74. The van der Waals surface area contributed by atoms with Crippen molar-refractivity contribution in [3.8, 4) is 0 Å². The Morgan fingerprint density at radius 3 is 2.89 bits per heavy atom. The van der Waals surface area contributed by atoms with Gasteiger partial charge in [0.1, 0.15) is 0 Å². The highest BCUT2D eigenvalue weighted by Crippen LogP contribution is 2.15. The number of carboxylic acids is 1. The number of likely N-dealkylation sites (tertiary alicyclic amines) is 1. The molecule has 1 atom stereocenters. The van der Waals surface area contributed by atoms with Gasteiger partial charge in [0.25, 0.3) is 0 Å². The number of nitrogens with one attached hydrogen (secondary N) is 1. The zero-order valence-electron chi connectivity index (χ0n) is 10.7. The summed E-state index contributed by atoms with van der Waals surface area (Å²) < 4.78 is 0. The molecule has 0 amide bonds. The summed E-state index contributed by atoms with van der Waals surface area (Å²) in [4.78, 5) is 14.3. The fourth-order valence-electron chi connectivity index (χ4n) is 2.28. The molecule has 1 fully saturated rings. The maximum atomic E-state index is 10.8. The van der Waals surface area contributed by atoms with Crippen LogP contribution in [-0.4, -0.2) is 41.7 Å². The van der Waals surface area contributed by atoms with E-state index in [1.165, 1.54) is 37.3 Å². The Hall–Kier alpha value is -0.910. The number of hydrogen-bond donors (Lipinski definition) is 2. The monoisotopic (exact) mass is 268 g/mol. The molecule has 0 aromatic carbocycles. The van der Waals surface area contributed by atoms with E-state index in [9.17, 15) is 4.79 Å². The van der Waals surface area contributed by atoms with Crippen molar-refractivity contribution in [1.82, 2.24) is 10.2 Å². The van der Waals surface area contributed by atoms with Crippen molar-refractivity contribution in [2.75, 3.05) is 19.6 Å². The first-order chi connectivity index (χ1) is 8.65. The van der Waals surface area contributed by atoms with Crippen molar-refractivity contribution in [3.05, 3.63) is 21.9 Å². The van der Waals surface area contributed by atoms with Gasteiger partial charge in [-0.1, -0.05) is 0 Å². The van der Waals surface area contributed by atoms with Crippen molar-refractivity contribution in [2.45, 2.75) is 32.4 Å². The number of aromatic carboxylic acids is 1. The Bertz CT molecular complexity index is 399. The zero-order chi connectivity index (χ0) is 13.0. The molecule has 1 saturated heterocycles. The third-order valence-corrected chi connectivity index (χ3v) is 4.19. The smallest absolute Gasteiger partial charge is 0.336 e. The molecular weight excluding hydrogens is 248 g/mol. The molecule has 2 rings (SSSR count). The van der Waals surface area contributed by atoms with Crippen LogP contribution in [0.3, 0.4) is 0 Å². The second-order valence-electron chi connectivity index (χ2n) is 4.90. The first-order valence-electron chi connectivity index (χ1n) is 6.41. The van der Waals surface area contributed by atoms with Crippen LogP contribution in [0.2, 0.25) is 0 Å². The third-order valence-electron chi connectivity index (χ3n) is 3.26. The second kappa shape index (κ2) is 6.31. The second-order valence-corrected chi connectivity index (χ2v) is 5.89. The number of hydrogen-bond acceptors (Lipinski definition) is 4. The van der Waals surface area contributed by atoms with Crippen molar-refractivity contribution in [2.24, 2.45) is 0 Å². The normalized spacial score (nSPS) is 18.1. The highest BCUT2D eigenvalue weighted by atomic mass is 32.1. The Morgan fingerprint density at radius 2 is 2.28 bits per heavy atom. The SMILES string of the molecule is CC(CN1CCCC1)NCc1cc(C(=O)O)cs1. The van der Waals surface area contributed by atoms with Crippen LogP contribution in [0.5, 0.6) is 0 Å². The van der Waals surface area contributed by atoms with E-state index in [2.05, 4.69) is 17.1 Å². The number of carboxylic acid groups (broad SMARTS) is 1. The van der Waals surface area contributed by atoms with Gasteiger partial charge < -0.3 is 15.3 Å². The molecule has 1 aliphatic rings. The van der Waals surface area contributed by atoms with E-state index < -0.39 is 5.97 Å². The van der Waals surface area contributed by atoms with Gasteiger partial charge >= 0.3 is 5.97 Å². The molecule has 0 saturated carbocycles. The van der Waals surface area contributed by atoms with Crippen molar-refractivity contribution < 1.29 is 9.90 Å². The van der Waals surface area contributed by atoms with Gasteiger partial charge in [-0.15, -0.1) is 11.3 Å². The largest absolute Gasteiger partial charge is 0.478 e. The lowest BCUT2D eigenvalue weighted by molar-refractivity contribution is 0.0697. The molecule has 1 aromatic heterocycles. The molecule has 2 N–H and O–H groups in total. The van der Waals surface area contributed by atoms with Gasteiger partial charge in [-0.2, -0.15) is 0 Å². The summed E-state index contributed by atoms with van der Waals surface area (Å²) in [5, 5.41) is 14.0. The summed E-state index contributed by atoms with van der Waals surface area (Å²) in [5.41, 5.74) is 0.393. The van der Waals surface area contributed by atoms with Crippen LogP contribution in [0.25, 0.3) is 0 Å². The summed E-state index contributed by atoms with van der Waals surface area (Å²) >= 11 is 1.51. The number of carbonyl (C=O) groups is 1. The minimum atomic E-state index is -0.845. The van der Waals surface area contributed by atoms with Gasteiger partial charge in [0.15, 0.2) is 0 Å². The maximum Gasteiger partial charge on any atom is 0.336 e. The van der Waals surface area contributed by atoms with E-state index in [1.54, 1.807) is 11.4 Å². The Morgan fingerprint density at radius 1 is 1.56 bits per heavy atom. The van der Waals surface area contributed by atoms with Gasteiger partial charge in [-0.05, 0) is 38.9 Å². The zero-order valence-corrected chi connectivity index (χ0v) is 11.5. The standard InChI is InChI=1S/C13H20N2O2S/c1-10(8-15-4-2-3-5-15)14-7-12-6-11(9-18-12)13(16)17/h6,9-10,14H,2-5,7-8H2,1H3,(H,16,17). The maximum absolute atomic E-state index is 10.8. The molecule has 4 nitrogen and oxygen atoms in total. The van der Waals surface area contributed by atoms with Crippen LogP contribution in [0.15, 0.2) is 11.4 Å². The molecule has 1 aromatic rings. The van der Waals surface area contributed by atoms with Crippen molar-refractivity contribution in [3.63, 3.8) is 0 Å². The van der Waals surface area contributed by atoms with E-state index in [1.807, 2.05) is 0 Å². The molecule has 2 heterocycles. The van der Waals surface area contributed by atoms with E-state index in [4.69, 9.17) is 5.11 Å². The average Bonchev–Trinajstić information content (AvgIpc) is 2.96. The predicted molar refractivity (Wildman–Crippen MR) is 73.3 cm³/mol. The van der Waals surface area contributed by atoms with Crippen LogP contribution in [0, 0.1) is 0 Å². The highest BCUT2D eigenvalue weighted by Gasteiger charge is 2.14. The quantitative estimate of drug-likeness (QED) is 0.829. The van der Waals surface area contributed by atoms with Crippen LogP contribution >= 0.6 is 11.3 Å². The first-order valence-corrected chi connectivity index (χ1v) is 7.29. The van der Waals surface area contributed by atoms with Crippen LogP contribution in [0.4, 0.5) is 0 Å². The molecule has 1 aliphatic heterocycles. The van der Waals surface area contributed by atoms with E-state index in [0.29, 0.717) is 11.6 Å². The van der Waals surface area contributed by atoms with Crippen molar-refractivity contribution in [1.29, 1.82) is 0 Å². The van der Waals surface area contributed by atoms with Gasteiger partial charge in [-0.3, -0.25) is 0 Å². The molecular formula is C13H20N2O2S. The van der Waals surface area contributed by atoms with Gasteiger partial charge in [0, 0.05) is 29.4 Å². The van der Waals surface area contributed by atoms with E-state index in [0.717, 1.165) is 18.0 Å². The fourth-order valence-corrected chi connectivity index (χ4v) is 3.09. The van der Waals surface area contributed by atoms with Gasteiger partial charge in [0.05, 0.1) is 5.56 Å². The molecule has 0 aliphatic carbocycles. The van der Waals surface area contributed by atoms with Crippen LogP contribution in [0.1, 0.15) is 35.0 Å². The first kappa shape index (κ1) is 13.5. The topological polar surface area (TPSA) is 52.6 Å². The summed E-state index contributed by atoms with van der Waals surface area (Å²) in [7, 11) is 0. The molecule has 5 heteroatoms. The van der Waals surface area contributed by atoms with Crippen LogP contribution < -0.4 is 5.32 Å². The minimum Gasteiger partial charge on any atom is -0.478 e. The predicted octanol–water partition coefficient (Wildman–Crippen LogP) is 2.02. The molecule has 0 radical (unpaired) electrons. The molecule has 18 heavy (non-hydrogen) atoms. The van der Waals surface area contributed by atoms with Gasteiger partial charge in [-0.25, -0.2) is 4.79 Å². The Labute approximate surface area is 112 Å². The lowest BCUT2D eigenvalue weighted by Crippen LogP contribution is -2.37. The van der Waals surface area contributed by atoms with Crippen LogP contribution in [-0.2, 0) is 6.54 Å².